The second kappa shape index (κ2) is 6.76. The lowest BCUT2D eigenvalue weighted by atomic mass is 9.92. The molecule has 2 heterocycles. The first-order chi connectivity index (χ1) is 14.4. The summed E-state index contributed by atoms with van der Waals surface area (Å²) >= 11 is 0. The normalized spacial score (nSPS) is 12.1. The standard InChI is InChI=1S/C24H16F4N2/c25-17-7-8-18-15(12-29-23(18)11-17)9-14-5-6-16(24(26,27)28)10-20(14)21-13-30-22-4-2-1-3-19(21)22/h1-8,10-13,29-30H,9H2. The molecule has 5 aromatic rings. The van der Waals surface area contributed by atoms with Gasteiger partial charge in [0.2, 0.25) is 0 Å². The van der Waals surface area contributed by atoms with Crippen LogP contribution in [0.25, 0.3) is 32.9 Å². The fourth-order valence-corrected chi connectivity index (χ4v) is 3.96. The van der Waals surface area contributed by atoms with Crippen molar-refractivity contribution in [3.63, 3.8) is 0 Å². The van der Waals surface area contributed by atoms with Crippen LogP contribution in [-0.2, 0) is 12.6 Å². The van der Waals surface area contributed by atoms with E-state index in [1.54, 1.807) is 18.5 Å². The second-order valence-electron chi connectivity index (χ2n) is 7.30. The summed E-state index contributed by atoms with van der Waals surface area (Å²) in [6.45, 7) is 0. The van der Waals surface area contributed by atoms with Gasteiger partial charge in [-0.05, 0) is 53.1 Å². The van der Waals surface area contributed by atoms with Crippen molar-refractivity contribution in [1.29, 1.82) is 0 Å². The summed E-state index contributed by atoms with van der Waals surface area (Å²) in [7, 11) is 0. The highest BCUT2D eigenvalue weighted by molar-refractivity contribution is 5.96. The van der Waals surface area contributed by atoms with Crippen molar-refractivity contribution in [2.45, 2.75) is 12.6 Å². The van der Waals surface area contributed by atoms with Crippen molar-refractivity contribution < 1.29 is 17.6 Å². The van der Waals surface area contributed by atoms with Gasteiger partial charge in [-0.3, -0.25) is 0 Å². The SMILES string of the molecule is Fc1ccc2c(Cc3ccc(C(F)(F)F)cc3-c3c[nH]c4ccccc34)c[nH]c2c1. The molecule has 0 aliphatic rings. The van der Waals surface area contributed by atoms with E-state index in [1.807, 2.05) is 24.3 Å². The number of fused-ring (bicyclic) bond motifs is 2. The summed E-state index contributed by atoms with van der Waals surface area (Å²) in [5.74, 6) is -0.343. The van der Waals surface area contributed by atoms with E-state index in [2.05, 4.69) is 9.97 Å². The van der Waals surface area contributed by atoms with Gasteiger partial charge in [-0.25, -0.2) is 4.39 Å². The molecule has 30 heavy (non-hydrogen) atoms. The predicted molar refractivity (Wildman–Crippen MR) is 110 cm³/mol. The number of hydrogen-bond donors (Lipinski definition) is 2. The fraction of sp³-hybridized carbons (Fsp3) is 0.0833. The molecule has 5 rings (SSSR count). The number of H-pyrrole nitrogens is 2. The van der Waals surface area contributed by atoms with Crippen molar-refractivity contribution >= 4 is 21.8 Å². The Balaban J connectivity index is 1.68. The van der Waals surface area contributed by atoms with Crippen LogP contribution in [0.5, 0.6) is 0 Å². The molecule has 2 nitrogen and oxygen atoms in total. The Morgan fingerprint density at radius 3 is 2.33 bits per heavy atom. The van der Waals surface area contributed by atoms with Crippen molar-refractivity contribution in [3.05, 3.63) is 95.6 Å². The van der Waals surface area contributed by atoms with Gasteiger partial charge in [0.05, 0.1) is 5.56 Å². The van der Waals surface area contributed by atoms with Crippen molar-refractivity contribution in [2.75, 3.05) is 0 Å². The van der Waals surface area contributed by atoms with Crippen LogP contribution in [0.2, 0.25) is 0 Å². The number of para-hydroxylation sites is 1. The minimum absolute atomic E-state index is 0.343. The molecule has 0 saturated carbocycles. The molecule has 150 valence electrons. The van der Waals surface area contributed by atoms with Gasteiger partial charge >= 0.3 is 6.18 Å². The lowest BCUT2D eigenvalue weighted by molar-refractivity contribution is -0.137. The van der Waals surface area contributed by atoms with Crippen LogP contribution < -0.4 is 0 Å². The molecule has 0 unspecified atom stereocenters. The van der Waals surface area contributed by atoms with E-state index < -0.39 is 11.7 Å². The zero-order chi connectivity index (χ0) is 20.9. The molecule has 0 radical (unpaired) electrons. The first-order valence-electron chi connectivity index (χ1n) is 9.42. The molecule has 2 N–H and O–H groups in total. The molecular formula is C24H16F4N2. The molecule has 0 atom stereocenters. The number of aromatic nitrogens is 2. The van der Waals surface area contributed by atoms with Gasteiger partial charge in [0, 0.05) is 46.2 Å². The van der Waals surface area contributed by atoms with Gasteiger partial charge in [0.1, 0.15) is 5.82 Å². The Hall–Kier alpha value is -3.54. The zero-order valence-corrected chi connectivity index (χ0v) is 15.6. The minimum atomic E-state index is -4.43. The van der Waals surface area contributed by atoms with Crippen molar-refractivity contribution in [1.82, 2.24) is 9.97 Å². The lowest BCUT2D eigenvalue weighted by Crippen LogP contribution is -2.06. The second-order valence-corrected chi connectivity index (χ2v) is 7.30. The van der Waals surface area contributed by atoms with Crippen LogP contribution in [0.15, 0.2) is 73.1 Å². The monoisotopic (exact) mass is 408 g/mol. The Morgan fingerprint density at radius 2 is 1.50 bits per heavy atom. The van der Waals surface area contributed by atoms with Crippen LogP contribution in [0.1, 0.15) is 16.7 Å². The average molecular weight is 408 g/mol. The van der Waals surface area contributed by atoms with Crippen LogP contribution in [0, 0.1) is 5.82 Å². The molecule has 0 aliphatic carbocycles. The maximum Gasteiger partial charge on any atom is 0.416 e. The summed E-state index contributed by atoms with van der Waals surface area (Å²) in [4.78, 5) is 6.18. The number of benzene rings is 3. The maximum absolute atomic E-state index is 13.5. The van der Waals surface area contributed by atoms with Crippen LogP contribution in [0.3, 0.4) is 0 Å². The molecule has 0 amide bonds. The summed E-state index contributed by atoms with van der Waals surface area (Å²) < 4.78 is 53.8. The Bertz CT molecular complexity index is 1380. The largest absolute Gasteiger partial charge is 0.416 e. The van der Waals surface area contributed by atoms with E-state index in [9.17, 15) is 17.6 Å². The Labute approximate surface area is 169 Å². The van der Waals surface area contributed by atoms with Gasteiger partial charge in [-0.2, -0.15) is 13.2 Å². The third-order valence-corrected chi connectivity index (χ3v) is 5.43. The highest BCUT2D eigenvalue weighted by Gasteiger charge is 2.31. The molecule has 0 fully saturated rings. The van der Waals surface area contributed by atoms with E-state index in [0.29, 0.717) is 17.5 Å². The van der Waals surface area contributed by atoms with Gasteiger partial charge in [0.25, 0.3) is 0 Å². The van der Waals surface area contributed by atoms with Crippen molar-refractivity contribution in [3.8, 4) is 11.1 Å². The number of rotatable bonds is 3. The average Bonchev–Trinajstić information content (AvgIpc) is 3.31. The zero-order valence-electron chi connectivity index (χ0n) is 15.6. The first kappa shape index (κ1) is 18.5. The predicted octanol–water partition coefficient (Wildman–Crippen LogP) is 7.06. The summed E-state index contributed by atoms with van der Waals surface area (Å²) in [6, 6.07) is 15.8. The topological polar surface area (TPSA) is 31.6 Å². The number of alkyl halides is 3. The molecule has 6 heteroatoms. The number of aromatic amines is 2. The van der Waals surface area contributed by atoms with Crippen molar-refractivity contribution in [2.24, 2.45) is 0 Å². The highest BCUT2D eigenvalue weighted by atomic mass is 19.4. The van der Waals surface area contributed by atoms with Gasteiger partial charge < -0.3 is 9.97 Å². The van der Waals surface area contributed by atoms with E-state index in [1.165, 1.54) is 24.3 Å². The summed E-state index contributed by atoms with van der Waals surface area (Å²) in [6.07, 6.45) is -0.495. The summed E-state index contributed by atoms with van der Waals surface area (Å²) in [5.41, 5.74) is 3.73. The lowest BCUT2D eigenvalue weighted by Gasteiger charge is -2.14. The smallest absolute Gasteiger partial charge is 0.361 e. The molecule has 3 aromatic carbocycles. The van der Waals surface area contributed by atoms with Gasteiger partial charge in [-0.1, -0.05) is 24.3 Å². The molecule has 0 spiro atoms. The highest BCUT2D eigenvalue weighted by Crippen LogP contribution is 2.38. The molecule has 0 aliphatic heterocycles. The molecule has 2 aromatic heterocycles. The summed E-state index contributed by atoms with van der Waals surface area (Å²) in [5, 5.41) is 1.71. The third kappa shape index (κ3) is 3.14. The van der Waals surface area contributed by atoms with Gasteiger partial charge in [-0.15, -0.1) is 0 Å². The van der Waals surface area contributed by atoms with Crippen LogP contribution in [-0.4, -0.2) is 9.97 Å². The van der Waals surface area contributed by atoms with Gasteiger partial charge in [0.15, 0.2) is 0 Å². The fourth-order valence-electron chi connectivity index (χ4n) is 3.96. The minimum Gasteiger partial charge on any atom is -0.361 e. The quantitative estimate of drug-likeness (QED) is 0.299. The van der Waals surface area contributed by atoms with Crippen LogP contribution >= 0.6 is 0 Å². The molecule has 0 bridgehead atoms. The Morgan fingerprint density at radius 1 is 0.700 bits per heavy atom. The van der Waals surface area contributed by atoms with E-state index in [-0.39, 0.29) is 5.82 Å². The third-order valence-electron chi connectivity index (χ3n) is 5.43. The number of hydrogen-bond acceptors (Lipinski definition) is 0. The number of nitrogens with one attached hydrogen (secondary N) is 2. The van der Waals surface area contributed by atoms with Crippen LogP contribution in [0.4, 0.5) is 17.6 Å². The van der Waals surface area contributed by atoms with E-state index in [0.717, 1.165) is 39.0 Å². The Kier molecular flexibility index (Phi) is 4.17. The number of halogens is 4. The van der Waals surface area contributed by atoms with E-state index >= 15 is 0 Å². The molecular weight excluding hydrogens is 392 g/mol. The maximum atomic E-state index is 13.5. The van der Waals surface area contributed by atoms with E-state index in [4.69, 9.17) is 0 Å². The first-order valence-corrected chi connectivity index (χ1v) is 9.42. The molecule has 0 saturated heterocycles.